The molecule has 1 atom stereocenters. The monoisotopic (exact) mass is 402 g/mol. The van der Waals surface area contributed by atoms with Crippen LogP contribution < -0.4 is 14.2 Å². The van der Waals surface area contributed by atoms with E-state index in [1.165, 1.54) is 13.2 Å². The second-order valence-corrected chi connectivity index (χ2v) is 7.01. The third-order valence-electron chi connectivity index (χ3n) is 5.03. The number of nitrogens with zero attached hydrogens (tertiary/aromatic N) is 2. The van der Waals surface area contributed by atoms with Gasteiger partial charge in [-0.1, -0.05) is 6.07 Å². The van der Waals surface area contributed by atoms with Crippen molar-refractivity contribution in [2.24, 2.45) is 0 Å². The zero-order valence-corrected chi connectivity index (χ0v) is 17.1. The van der Waals surface area contributed by atoms with Crippen LogP contribution in [0.1, 0.15) is 12.5 Å². The van der Waals surface area contributed by atoms with Gasteiger partial charge in [-0.2, -0.15) is 0 Å². The first-order chi connectivity index (χ1) is 14.0. The highest BCUT2D eigenvalue weighted by molar-refractivity contribution is 5.81. The third-order valence-corrected chi connectivity index (χ3v) is 5.03. The number of carbonyl (C=O) groups is 1. The topological polar surface area (TPSA) is 51.2 Å². The van der Waals surface area contributed by atoms with Crippen LogP contribution in [0.25, 0.3) is 0 Å². The third kappa shape index (κ3) is 5.38. The van der Waals surface area contributed by atoms with Crippen molar-refractivity contribution in [2.45, 2.75) is 19.6 Å². The van der Waals surface area contributed by atoms with Gasteiger partial charge in [0.2, 0.25) is 0 Å². The molecular formula is C22H27FN2O4. The van der Waals surface area contributed by atoms with E-state index >= 15 is 0 Å². The maximum absolute atomic E-state index is 13.9. The highest BCUT2D eigenvalue weighted by Crippen LogP contribution is 2.20. The molecular weight excluding hydrogens is 375 g/mol. The fourth-order valence-electron chi connectivity index (χ4n) is 3.36. The van der Waals surface area contributed by atoms with Gasteiger partial charge < -0.3 is 19.1 Å². The zero-order valence-electron chi connectivity index (χ0n) is 17.1. The molecule has 0 radical (unpaired) electrons. The molecule has 0 saturated carbocycles. The SMILES string of the molecule is COc1ccc(OC(C)C(=O)N2CCN(Cc3ccc(OC)c(F)c3)CC2)cc1. The molecule has 0 N–H and O–H groups in total. The Bertz CT molecular complexity index is 820. The summed E-state index contributed by atoms with van der Waals surface area (Å²) in [4.78, 5) is 16.7. The normalized spacial score (nSPS) is 15.7. The van der Waals surface area contributed by atoms with Crippen LogP contribution in [0.4, 0.5) is 4.39 Å². The van der Waals surface area contributed by atoms with Crippen molar-refractivity contribution < 1.29 is 23.4 Å². The van der Waals surface area contributed by atoms with E-state index in [0.29, 0.717) is 25.4 Å². The molecule has 6 nitrogen and oxygen atoms in total. The van der Waals surface area contributed by atoms with E-state index in [0.717, 1.165) is 24.4 Å². The van der Waals surface area contributed by atoms with Gasteiger partial charge in [-0.3, -0.25) is 9.69 Å². The summed E-state index contributed by atoms with van der Waals surface area (Å²) in [6, 6.07) is 12.2. The number of ether oxygens (including phenoxy) is 3. The van der Waals surface area contributed by atoms with Gasteiger partial charge in [0.05, 0.1) is 14.2 Å². The first-order valence-corrected chi connectivity index (χ1v) is 9.64. The smallest absolute Gasteiger partial charge is 0.263 e. The van der Waals surface area contributed by atoms with Crippen LogP contribution in [-0.4, -0.2) is 62.2 Å². The van der Waals surface area contributed by atoms with Crippen LogP contribution in [0.3, 0.4) is 0 Å². The van der Waals surface area contributed by atoms with E-state index < -0.39 is 6.10 Å². The maximum atomic E-state index is 13.9. The molecule has 0 aliphatic carbocycles. The molecule has 0 aromatic heterocycles. The van der Waals surface area contributed by atoms with E-state index in [9.17, 15) is 9.18 Å². The van der Waals surface area contributed by atoms with Crippen molar-refractivity contribution in [3.63, 3.8) is 0 Å². The Kier molecular flexibility index (Phi) is 6.93. The number of halogens is 1. The Balaban J connectivity index is 1.48. The quantitative estimate of drug-likeness (QED) is 0.713. The van der Waals surface area contributed by atoms with Crippen molar-refractivity contribution in [3.8, 4) is 17.2 Å². The molecule has 1 amide bonds. The summed E-state index contributed by atoms with van der Waals surface area (Å²) in [6.07, 6.45) is -0.564. The molecule has 1 fully saturated rings. The predicted octanol–water partition coefficient (Wildman–Crippen LogP) is 2.95. The molecule has 1 aliphatic heterocycles. The minimum absolute atomic E-state index is 0.0315. The number of methoxy groups -OCH3 is 2. The number of hydrogen-bond acceptors (Lipinski definition) is 5. The summed E-state index contributed by atoms with van der Waals surface area (Å²) < 4.78 is 29.7. The Morgan fingerprint density at radius 3 is 2.24 bits per heavy atom. The van der Waals surface area contributed by atoms with Crippen LogP contribution in [0, 0.1) is 5.82 Å². The number of carbonyl (C=O) groups excluding carboxylic acids is 1. The van der Waals surface area contributed by atoms with E-state index in [1.807, 2.05) is 11.0 Å². The molecule has 29 heavy (non-hydrogen) atoms. The summed E-state index contributed by atoms with van der Waals surface area (Å²) in [5.41, 5.74) is 0.888. The summed E-state index contributed by atoms with van der Waals surface area (Å²) >= 11 is 0. The van der Waals surface area contributed by atoms with E-state index in [2.05, 4.69) is 4.90 Å². The van der Waals surface area contributed by atoms with Crippen LogP contribution in [0.5, 0.6) is 17.2 Å². The number of rotatable bonds is 7. The Hall–Kier alpha value is -2.80. The van der Waals surface area contributed by atoms with Gasteiger partial charge in [0.1, 0.15) is 11.5 Å². The van der Waals surface area contributed by atoms with Crippen molar-refractivity contribution in [2.75, 3.05) is 40.4 Å². The van der Waals surface area contributed by atoms with Crippen molar-refractivity contribution in [1.82, 2.24) is 9.80 Å². The molecule has 2 aromatic carbocycles. The number of amides is 1. The standard InChI is InChI=1S/C22H27FN2O4/c1-16(29-19-7-5-18(27-2)6-8-19)22(26)25-12-10-24(11-13-25)15-17-4-9-21(28-3)20(23)14-17/h4-9,14,16H,10-13,15H2,1-3H3. The van der Waals surface area contributed by atoms with Gasteiger partial charge >= 0.3 is 0 Å². The number of hydrogen-bond donors (Lipinski definition) is 0. The molecule has 3 rings (SSSR count). The fraction of sp³-hybridized carbons (Fsp3) is 0.409. The minimum atomic E-state index is -0.564. The minimum Gasteiger partial charge on any atom is -0.497 e. The summed E-state index contributed by atoms with van der Waals surface area (Å²) in [5.74, 6) is 1.23. The highest BCUT2D eigenvalue weighted by atomic mass is 19.1. The lowest BCUT2D eigenvalue weighted by molar-refractivity contribution is -0.139. The maximum Gasteiger partial charge on any atom is 0.263 e. The Morgan fingerprint density at radius 2 is 1.66 bits per heavy atom. The lowest BCUT2D eigenvalue weighted by Crippen LogP contribution is -2.51. The van der Waals surface area contributed by atoms with Crippen LogP contribution in [-0.2, 0) is 11.3 Å². The van der Waals surface area contributed by atoms with E-state index in [1.54, 1.807) is 44.4 Å². The molecule has 1 heterocycles. The first kappa shape index (κ1) is 20.9. The van der Waals surface area contributed by atoms with Gasteiger partial charge in [-0.15, -0.1) is 0 Å². The molecule has 7 heteroatoms. The summed E-state index contributed by atoms with van der Waals surface area (Å²) in [5, 5.41) is 0. The largest absolute Gasteiger partial charge is 0.497 e. The van der Waals surface area contributed by atoms with Gasteiger partial charge in [-0.25, -0.2) is 4.39 Å². The Morgan fingerprint density at radius 1 is 1.00 bits per heavy atom. The van der Waals surface area contributed by atoms with Gasteiger partial charge in [0.25, 0.3) is 5.91 Å². The summed E-state index contributed by atoms with van der Waals surface area (Å²) in [6.45, 7) is 5.10. The lowest BCUT2D eigenvalue weighted by Gasteiger charge is -2.36. The lowest BCUT2D eigenvalue weighted by atomic mass is 10.1. The molecule has 1 aliphatic rings. The second kappa shape index (κ2) is 9.60. The molecule has 1 unspecified atom stereocenters. The predicted molar refractivity (Wildman–Crippen MR) is 108 cm³/mol. The van der Waals surface area contributed by atoms with Crippen LogP contribution >= 0.6 is 0 Å². The molecule has 1 saturated heterocycles. The molecule has 0 spiro atoms. The van der Waals surface area contributed by atoms with Gasteiger partial charge in [0, 0.05) is 32.7 Å². The number of piperazine rings is 1. The first-order valence-electron chi connectivity index (χ1n) is 9.64. The fourth-order valence-corrected chi connectivity index (χ4v) is 3.36. The van der Waals surface area contributed by atoms with Gasteiger partial charge in [0.15, 0.2) is 17.7 Å². The van der Waals surface area contributed by atoms with Crippen molar-refractivity contribution in [3.05, 3.63) is 53.8 Å². The van der Waals surface area contributed by atoms with Crippen LogP contribution in [0.15, 0.2) is 42.5 Å². The van der Waals surface area contributed by atoms with E-state index in [-0.39, 0.29) is 17.5 Å². The zero-order chi connectivity index (χ0) is 20.8. The molecule has 156 valence electrons. The van der Waals surface area contributed by atoms with Crippen LogP contribution in [0.2, 0.25) is 0 Å². The highest BCUT2D eigenvalue weighted by Gasteiger charge is 2.26. The molecule has 0 bridgehead atoms. The van der Waals surface area contributed by atoms with Crippen molar-refractivity contribution >= 4 is 5.91 Å². The average Bonchev–Trinajstić information content (AvgIpc) is 2.74. The average molecular weight is 402 g/mol. The van der Waals surface area contributed by atoms with Gasteiger partial charge in [-0.05, 0) is 48.9 Å². The molecule has 2 aromatic rings. The Labute approximate surface area is 170 Å². The number of benzene rings is 2. The van der Waals surface area contributed by atoms with E-state index in [4.69, 9.17) is 14.2 Å². The summed E-state index contributed by atoms with van der Waals surface area (Å²) in [7, 11) is 3.06. The second-order valence-electron chi connectivity index (χ2n) is 7.01. The van der Waals surface area contributed by atoms with Crippen molar-refractivity contribution in [1.29, 1.82) is 0 Å².